The Morgan fingerprint density at radius 2 is 1.28 bits per heavy atom. The minimum Gasteiger partial charge on any atom is -0.351 e. The molecule has 3 rings (SSSR count). The first kappa shape index (κ1) is 21.3. The first-order chi connectivity index (χ1) is 14.1. The highest BCUT2D eigenvalue weighted by molar-refractivity contribution is 6.31. The number of nitrogens with zero attached hydrogens (tertiary/aromatic N) is 2. The molecule has 0 aliphatic carbocycles. The number of carbonyl (C=O) groups excluding carboxylic acids is 2. The first-order valence-corrected chi connectivity index (χ1v) is 10.2. The Kier molecular flexibility index (Phi) is 8.04. The van der Waals surface area contributed by atoms with Crippen molar-refractivity contribution in [1.82, 2.24) is 20.4 Å². The van der Waals surface area contributed by atoms with Gasteiger partial charge >= 0.3 is 0 Å². The Bertz CT molecular complexity index is 807. The summed E-state index contributed by atoms with van der Waals surface area (Å²) in [7, 11) is 0. The summed E-state index contributed by atoms with van der Waals surface area (Å²) in [5.74, 6) is 0.0127. The number of carbonyl (C=O) groups is 2. The summed E-state index contributed by atoms with van der Waals surface area (Å²) in [4.78, 5) is 28.6. The van der Waals surface area contributed by atoms with E-state index in [1.165, 1.54) is 0 Å². The lowest BCUT2D eigenvalue weighted by Gasteiger charge is -2.33. The van der Waals surface area contributed by atoms with Gasteiger partial charge in [-0.1, -0.05) is 60.1 Å². The van der Waals surface area contributed by atoms with Crippen LogP contribution < -0.4 is 10.6 Å². The van der Waals surface area contributed by atoms with Gasteiger partial charge in [-0.15, -0.1) is 0 Å². The lowest BCUT2D eigenvalue weighted by molar-refractivity contribution is -0.125. The maximum absolute atomic E-state index is 12.2. The molecule has 29 heavy (non-hydrogen) atoms. The second-order valence-electron chi connectivity index (χ2n) is 7.18. The fourth-order valence-electron chi connectivity index (χ4n) is 3.26. The van der Waals surface area contributed by atoms with Crippen LogP contribution in [0.1, 0.15) is 11.1 Å². The lowest BCUT2D eigenvalue weighted by Crippen LogP contribution is -2.51. The van der Waals surface area contributed by atoms with Gasteiger partial charge in [0.1, 0.15) is 0 Å². The monoisotopic (exact) mass is 414 g/mol. The third-order valence-corrected chi connectivity index (χ3v) is 5.33. The Balaban J connectivity index is 1.32. The number of benzene rings is 2. The van der Waals surface area contributed by atoms with E-state index < -0.39 is 0 Å². The normalized spacial score (nSPS) is 15.1. The molecule has 0 bridgehead atoms. The summed E-state index contributed by atoms with van der Waals surface area (Å²) >= 11 is 6.11. The molecule has 2 amide bonds. The molecule has 0 radical (unpaired) electrons. The Morgan fingerprint density at radius 3 is 1.86 bits per heavy atom. The molecule has 0 spiro atoms. The van der Waals surface area contributed by atoms with Crippen LogP contribution in [0.3, 0.4) is 0 Å². The zero-order chi connectivity index (χ0) is 20.5. The van der Waals surface area contributed by atoms with Gasteiger partial charge in [0, 0.05) is 44.3 Å². The molecule has 2 aromatic carbocycles. The van der Waals surface area contributed by atoms with Gasteiger partial charge in [0.05, 0.1) is 13.1 Å². The Hall–Kier alpha value is -2.41. The highest BCUT2D eigenvalue weighted by atomic mass is 35.5. The largest absolute Gasteiger partial charge is 0.351 e. The van der Waals surface area contributed by atoms with E-state index in [-0.39, 0.29) is 11.8 Å². The molecule has 0 saturated carbocycles. The minimum absolute atomic E-state index is 0.0148. The molecule has 7 heteroatoms. The topological polar surface area (TPSA) is 64.7 Å². The number of amides is 2. The molecule has 0 aromatic heterocycles. The van der Waals surface area contributed by atoms with Gasteiger partial charge in [0.25, 0.3) is 0 Å². The fourth-order valence-corrected chi connectivity index (χ4v) is 3.46. The van der Waals surface area contributed by atoms with E-state index in [4.69, 9.17) is 11.6 Å². The molecular formula is C22H27ClN4O2. The Labute approximate surface area is 176 Å². The third-order valence-electron chi connectivity index (χ3n) is 4.97. The molecule has 0 unspecified atom stereocenters. The fraction of sp³-hybridized carbons (Fsp3) is 0.364. The molecule has 1 fully saturated rings. The van der Waals surface area contributed by atoms with Gasteiger partial charge in [-0.25, -0.2) is 0 Å². The SMILES string of the molecule is O=C(CN1CCN(CC(=O)NCc2ccccc2Cl)CC1)NCc1ccccc1. The number of hydrogen-bond donors (Lipinski definition) is 2. The van der Waals surface area contributed by atoms with Gasteiger partial charge in [0.2, 0.25) is 11.8 Å². The first-order valence-electron chi connectivity index (χ1n) is 9.85. The third kappa shape index (κ3) is 7.16. The number of piperazine rings is 1. The molecular weight excluding hydrogens is 388 g/mol. The number of halogens is 1. The van der Waals surface area contributed by atoms with Crippen LogP contribution in [-0.4, -0.2) is 60.9 Å². The van der Waals surface area contributed by atoms with Crippen LogP contribution in [0.4, 0.5) is 0 Å². The zero-order valence-electron chi connectivity index (χ0n) is 16.4. The molecule has 6 nitrogen and oxygen atoms in total. The average Bonchev–Trinajstić information content (AvgIpc) is 2.74. The van der Waals surface area contributed by atoms with Gasteiger partial charge in [-0.05, 0) is 17.2 Å². The summed E-state index contributed by atoms with van der Waals surface area (Å²) in [5, 5.41) is 6.54. The second-order valence-corrected chi connectivity index (χ2v) is 7.59. The van der Waals surface area contributed by atoms with Crippen molar-refractivity contribution in [3.8, 4) is 0 Å². The average molecular weight is 415 g/mol. The zero-order valence-corrected chi connectivity index (χ0v) is 17.2. The predicted octanol–water partition coefficient (Wildman–Crippen LogP) is 1.89. The van der Waals surface area contributed by atoms with Gasteiger partial charge in [-0.2, -0.15) is 0 Å². The standard InChI is InChI=1S/C22H27ClN4O2/c23-20-9-5-4-8-19(20)15-25-22(29)17-27-12-10-26(11-13-27)16-21(28)24-14-18-6-2-1-3-7-18/h1-9H,10-17H2,(H,24,28)(H,25,29). The summed E-state index contributed by atoms with van der Waals surface area (Å²) < 4.78 is 0. The second kappa shape index (κ2) is 11.0. The van der Waals surface area contributed by atoms with E-state index in [9.17, 15) is 9.59 Å². The van der Waals surface area contributed by atoms with Crippen LogP contribution in [0.5, 0.6) is 0 Å². The van der Waals surface area contributed by atoms with Crippen molar-refractivity contribution in [1.29, 1.82) is 0 Å². The smallest absolute Gasteiger partial charge is 0.234 e. The molecule has 2 N–H and O–H groups in total. The van der Waals surface area contributed by atoms with Crippen molar-refractivity contribution < 1.29 is 9.59 Å². The highest BCUT2D eigenvalue weighted by Gasteiger charge is 2.20. The van der Waals surface area contributed by atoms with Gasteiger partial charge in [0.15, 0.2) is 0 Å². The number of nitrogens with one attached hydrogen (secondary N) is 2. The van der Waals surface area contributed by atoms with E-state index in [1.54, 1.807) is 0 Å². The van der Waals surface area contributed by atoms with E-state index in [1.807, 2.05) is 54.6 Å². The molecule has 2 aromatic rings. The van der Waals surface area contributed by atoms with Crippen LogP contribution in [-0.2, 0) is 22.7 Å². The van der Waals surface area contributed by atoms with E-state index in [0.29, 0.717) is 31.2 Å². The summed E-state index contributed by atoms with van der Waals surface area (Å²) in [5.41, 5.74) is 2.00. The van der Waals surface area contributed by atoms with E-state index in [2.05, 4.69) is 20.4 Å². The molecule has 0 atom stereocenters. The quantitative estimate of drug-likeness (QED) is 0.692. The van der Waals surface area contributed by atoms with Crippen molar-refractivity contribution >= 4 is 23.4 Å². The molecule has 1 aliphatic heterocycles. The lowest BCUT2D eigenvalue weighted by atomic mass is 10.2. The van der Waals surface area contributed by atoms with Crippen LogP contribution in [0.15, 0.2) is 54.6 Å². The molecule has 1 aliphatic rings. The molecule has 154 valence electrons. The minimum atomic E-state index is -0.0148. The van der Waals surface area contributed by atoms with Crippen LogP contribution in [0, 0.1) is 0 Å². The van der Waals surface area contributed by atoms with E-state index in [0.717, 1.165) is 37.3 Å². The molecule has 1 saturated heterocycles. The summed E-state index contributed by atoms with van der Waals surface area (Å²) in [6, 6.07) is 17.4. The van der Waals surface area contributed by atoms with Crippen LogP contribution >= 0.6 is 11.6 Å². The maximum atomic E-state index is 12.2. The van der Waals surface area contributed by atoms with E-state index >= 15 is 0 Å². The van der Waals surface area contributed by atoms with Gasteiger partial charge in [-0.3, -0.25) is 19.4 Å². The van der Waals surface area contributed by atoms with Gasteiger partial charge < -0.3 is 10.6 Å². The summed E-state index contributed by atoms with van der Waals surface area (Å²) in [6.07, 6.45) is 0. The number of hydrogen-bond acceptors (Lipinski definition) is 4. The van der Waals surface area contributed by atoms with Crippen molar-refractivity contribution in [3.63, 3.8) is 0 Å². The van der Waals surface area contributed by atoms with Crippen molar-refractivity contribution in [2.75, 3.05) is 39.3 Å². The Morgan fingerprint density at radius 1 is 0.759 bits per heavy atom. The van der Waals surface area contributed by atoms with Crippen molar-refractivity contribution in [2.45, 2.75) is 13.1 Å². The van der Waals surface area contributed by atoms with Crippen LogP contribution in [0.25, 0.3) is 0 Å². The predicted molar refractivity (Wildman–Crippen MR) is 114 cm³/mol. The maximum Gasteiger partial charge on any atom is 0.234 e. The summed E-state index contributed by atoms with van der Waals surface area (Å²) in [6.45, 7) is 4.81. The molecule has 1 heterocycles. The van der Waals surface area contributed by atoms with Crippen LogP contribution in [0.2, 0.25) is 5.02 Å². The highest BCUT2D eigenvalue weighted by Crippen LogP contribution is 2.14. The number of rotatable bonds is 8. The van der Waals surface area contributed by atoms with Crippen molar-refractivity contribution in [3.05, 3.63) is 70.7 Å². The van der Waals surface area contributed by atoms with Crippen molar-refractivity contribution in [2.24, 2.45) is 0 Å².